The Morgan fingerprint density at radius 2 is 2.21 bits per heavy atom. The molecule has 0 spiro atoms. The number of hydrogen-bond donors (Lipinski definition) is 3. The molecule has 3 N–H and O–H groups in total. The van der Waals surface area contributed by atoms with Crippen LogP contribution in [0.1, 0.15) is 10.5 Å². The van der Waals surface area contributed by atoms with E-state index in [0.717, 1.165) is 17.4 Å². The van der Waals surface area contributed by atoms with Gasteiger partial charge in [-0.05, 0) is 22.0 Å². The first-order chi connectivity index (χ1) is 8.79. The van der Waals surface area contributed by atoms with E-state index >= 15 is 0 Å². The second-order valence-electron chi connectivity index (χ2n) is 3.26. The molecule has 2 aromatic rings. The summed E-state index contributed by atoms with van der Waals surface area (Å²) in [7, 11) is -3.85. The lowest BCUT2D eigenvalue weighted by Gasteiger charge is -2.01. The molecule has 0 saturated heterocycles. The minimum Gasteiger partial charge on any atom is -0.477 e. The molecule has 2 aromatic heterocycles. The van der Waals surface area contributed by atoms with Crippen molar-refractivity contribution >= 4 is 60.7 Å². The Balaban J connectivity index is 2.28. The predicted octanol–water partition coefficient (Wildman–Crippen LogP) is 2.39. The highest BCUT2D eigenvalue weighted by molar-refractivity contribution is 9.11. The van der Waals surface area contributed by atoms with Gasteiger partial charge in [0, 0.05) is 6.07 Å². The van der Waals surface area contributed by atoms with Crippen LogP contribution in [0.15, 0.2) is 20.1 Å². The predicted molar refractivity (Wildman–Crippen MR) is 73.4 cm³/mol. The number of sulfonamides is 1. The van der Waals surface area contributed by atoms with Gasteiger partial charge in [0.2, 0.25) is 0 Å². The fourth-order valence-electron chi connectivity index (χ4n) is 1.13. The van der Waals surface area contributed by atoms with Gasteiger partial charge in [0.05, 0.1) is 8.81 Å². The van der Waals surface area contributed by atoms with Gasteiger partial charge in [-0.1, -0.05) is 11.6 Å². The van der Waals surface area contributed by atoms with Crippen molar-refractivity contribution in [3.05, 3.63) is 26.6 Å². The van der Waals surface area contributed by atoms with Crippen LogP contribution in [0, 0.1) is 0 Å². The molecule has 0 radical (unpaired) electrons. The number of carboxylic acid groups (broad SMARTS) is 1. The smallest absolute Gasteiger partial charge is 0.353 e. The summed E-state index contributed by atoms with van der Waals surface area (Å²) in [6.45, 7) is 0. The van der Waals surface area contributed by atoms with Crippen molar-refractivity contribution in [3.63, 3.8) is 0 Å². The molecule has 19 heavy (non-hydrogen) atoms. The van der Waals surface area contributed by atoms with Crippen molar-refractivity contribution in [1.29, 1.82) is 0 Å². The van der Waals surface area contributed by atoms with Gasteiger partial charge in [0.25, 0.3) is 10.0 Å². The summed E-state index contributed by atoms with van der Waals surface area (Å²) < 4.78 is 26.6. The molecule has 0 aliphatic heterocycles. The van der Waals surface area contributed by atoms with Gasteiger partial charge in [-0.2, -0.15) is 5.10 Å². The van der Waals surface area contributed by atoms with Gasteiger partial charge in [-0.3, -0.25) is 9.82 Å². The third-order valence-electron chi connectivity index (χ3n) is 1.93. The quantitative estimate of drug-likeness (QED) is 0.747. The van der Waals surface area contributed by atoms with Gasteiger partial charge >= 0.3 is 5.97 Å². The summed E-state index contributed by atoms with van der Waals surface area (Å²) in [5, 5.41) is 14.7. The largest absolute Gasteiger partial charge is 0.477 e. The van der Waals surface area contributed by atoms with E-state index in [-0.39, 0.29) is 20.7 Å². The molecular weight excluding hydrogens is 382 g/mol. The van der Waals surface area contributed by atoms with Crippen molar-refractivity contribution in [1.82, 2.24) is 10.2 Å². The number of aromatic carboxylic acids is 1. The van der Waals surface area contributed by atoms with Gasteiger partial charge < -0.3 is 5.11 Å². The maximum absolute atomic E-state index is 12.0. The lowest BCUT2D eigenvalue weighted by atomic mass is 10.4. The number of anilines is 1. The van der Waals surface area contributed by atoms with E-state index in [2.05, 4.69) is 30.8 Å². The van der Waals surface area contributed by atoms with E-state index in [1.807, 2.05) is 0 Å². The summed E-state index contributed by atoms with van der Waals surface area (Å²) in [6.07, 6.45) is 0. The average Bonchev–Trinajstić information content (AvgIpc) is 2.87. The molecule has 0 bridgehead atoms. The molecular formula is C8H5BrClN3O4S2. The Hall–Kier alpha value is -1.10. The van der Waals surface area contributed by atoms with Crippen LogP contribution in [0.3, 0.4) is 0 Å². The fourth-order valence-corrected chi connectivity index (χ4v) is 4.52. The lowest BCUT2D eigenvalue weighted by Crippen LogP contribution is -2.11. The zero-order valence-electron chi connectivity index (χ0n) is 8.85. The standard InChI is InChI=1S/C8H5BrClN3O4S2/c9-7-3(10)1-6(18-7)19(16,17)13-5-2-4(8(14)15)11-12-5/h1-2H,(H,14,15)(H2,11,12,13). The zero-order chi connectivity index (χ0) is 14.2. The number of carbonyl (C=O) groups is 1. The van der Waals surface area contributed by atoms with Crippen LogP contribution in [0.2, 0.25) is 5.02 Å². The van der Waals surface area contributed by atoms with Crippen LogP contribution >= 0.6 is 38.9 Å². The first-order valence-electron chi connectivity index (χ1n) is 4.56. The van der Waals surface area contributed by atoms with Gasteiger partial charge in [-0.25, -0.2) is 13.2 Å². The molecule has 0 fully saturated rings. The molecule has 0 saturated carbocycles. The Kier molecular flexibility index (Phi) is 3.85. The Labute approximate surface area is 124 Å². The molecule has 11 heteroatoms. The molecule has 7 nitrogen and oxygen atoms in total. The SMILES string of the molecule is O=C(O)c1cc(NS(=O)(=O)c2cc(Cl)c(Br)s2)n[nH]1. The topological polar surface area (TPSA) is 112 Å². The summed E-state index contributed by atoms with van der Waals surface area (Å²) in [6, 6.07) is 2.35. The van der Waals surface area contributed by atoms with Crippen molar-refractivity contribution < 1.29 is 18.3 Å². The van der Waals surface area contributed by atoms with Crippen LogP contribution in [0.4, 0.5) is 5.82 Å². The summed E-state index contributed by atoms with van der Waals surface area (Å²) in [5.41, 5.74) is -0.219. The van der Waals surface area contributed by atoms with Crippen LogP contribution in [0.5, 0.6) is 0 Å². The number of thiophene rings is 1. The molecule has 0 unspecified atom stereocenters. The number of carboxylic acids is 1. The number of nitrogens with one attached hydrogen (secondary N) is 2. The van der Waals surface area contributed by atoms with E-state index in [9.17, 15) is 13.2 Å². The fraction of sp³-hybridized carbons (Fsp3) is 0. The maximum Gasteiger partial charge on any atom is 0.353 e. The van der Waals surface area contributed by atoms with E-state index in [0.29, 0.717) is 3.79 Å². The monoisotopic (exact) mass is 385 g/mol. The third-order valence-corrected chi connectivity index (χ3v) is 6.24. The number of halogens is 2. The maximum atomic E-state index is 12.0. The van der Waals surface area contributed by atoms with Crippen molar-refractivity contribution in [2.75, 3.05) is 4.72 Å². The zero-order valence-corrected chi connectivity index (χ0v) is 12.8. The molecule has 2 heterocycles. The average molecular weight is 387 g/mol. The Morgan fingerprint density at radius 1 is 1.53 bits per heavy atom. The normalized spacial score (nSPS) is 11.5. The first-order valence-corrected chi connectivity index (χ1v) is 8.03. The summed E-state index contributed by atoms with van der Waals surface area (Å²) in [5.74, 6) is -1.35. The molecule has 102 valence electrons. The highest BCUT2D eigenvalue weighted by Gasteiger charge is 2.20. The highest BCUT2D eigenvalue weighted by atomic mass is 79.9. The second kappa shape index (κ2) is 5.12. The minimum atomic E-state index is -3.85. The van der Waals surface area contributed by atoms with E-state index in [1.165, 1.54) is 6.07 Å². The number of hydrogen-bond acceptors (Lipinski definition) is 5. The third kappa shape index (κ3) is 3.08. The lowest BCUT2D eigenvalue weighted by molar-refractivity contribution is 0.0690. The van der Waals surface area contributed by atoms with Gasteiger partial charge in [0.15, 0.2) is 5.82 Å². The number of aromatic nitrogens is 2. The first kappa shape index (κ1) is 14.3. The van der Waals surface area contributed by atoms with Crippen LogP contribution in [0.25, 0.3) is 0 Å². The Morgan fingerprint density at radius 3 is 2.68 bits per heavy atom. The second-order valence-corrected chi connectivity index (χ2v) is 7.95. The molecule has 0 atom stereocenters. The van der Waals surface area contributed by atoms with Crippen molar-refractivity contribution in [3.8, 4) is 0 Å². The van der Waals surface area contributed by atoms with Crippen LogP contribution < -0.4 is 4.72 Å². The number of H-pyrrole nitrogens is 1. The summed E-state index contributed by atoms with van der Waals surface area (Å²) >= 11 is 9.80. The van der Waals surface area contributed by atoms with Gasteiger partial charge in [0.1, 0.15) is 9.90 Å². The summed E-state index contributed by atoms with van der Waals surface area (Å²) in [4.78, 5) is 10.6. The van der Waals surface area contributed by atoms with E-state index < -0.39 is 16.0 Å². The molecule has 0 aliphatic rings. The van der Waals surface area contributed by atoms with Crippen LogP contribution in [-0.2, 0) is 10.0 Å². The minimum absolute atomic E-state index is 0.00995. The molecule has 0 aromatic carbocycles. The van der Waals surface area contributed by atoms with Crippen LogP contribution in [-0.4, -0.2) is 29.7 Å². The number of nitrogens with zero attached hydrogens (tertiary/aromatic N) is 1. The molecule has 2 rings (SSSR count). The molecule has 0 amide bonds. The number of aromatic amines is 1. The van der Waals surface area contributed by atoms with Crippen molar-refractivity contribution in [2.24, 2.45) is 0 Å². The van der Waals surface area contributed by atoms with Gasteiger partial charge in [-0.15, -0.1) is 11.3 Å². The van der Waals surface area contributed by atoms with E-state index in [4.69, 9.17) is 16.7 Å². The number of rotatable bonds is 4. The van der Waals surface area contributed by atoms with Crippen molar-refractivity contribution in [2.45, 2.75) is 4.21 Å². The Bertz CT molecular complexity index is 720. The van der Waals surface area contributed by atoms with E-state index in [1.54, 1.807) is 0 Å². The highest BCUT2D eigenvalue weighted by Crippen LogP contribution is 2.35. The molecule has 0 aliphatic carbocycles.